The third kappa shape index (κ3) is 2.37. The Balaban J connectivity index is 2.50. The predicted molar refractivity (Wildman–Crippen MR) is 64.9 cm³/mol. The maximum absolute atomic E-state index is 11.0. The van der Waals surface area contributed by atoms with E-state index in [1.807, 2.05) is 0 Å². The molecule has 0 unspecified atom stereocenters. The minimum atomic E-state index is -0.765. The van der Waals surface area contributed by atoms with Crippen LogP contribution in [0.2, 0.25) is 5.02 Å². The number of rotatable bonds is 2. The van der Waals surface area contributed by atoms with Gasteiger partial charge in [0.25, 0.3) is 5.91 Å². The number of nitrogens with two attached hydrogens (primary N) is 1. The standard InChI is InChI=1S/C12H9ClN2O2/c13-8-3-1-7(2-4-8)9-5-6-10(16)11(15-9)12(14)17/h1-6,16H,(H2,14,17). The lowest BCUT2D eigenvalue weighted by Crippen LogP contribution is -2.13. The number of amides is 1. The van der Waals surface area contributed by atoms with E-state index >= 15 is 0 Å². The Hall–Kier alpha value is -2.07. The minimum Gasteiger partial charge on any atom is -0.505 e. The second kappa shape index (κ2) is 4.43. The summed E-state index contributed by atoms with van der Waals surface area (Å²) < 4.78 is 0. The fraction of sp³-hybridized carbons (Fsp3) is 0. The molecular formula is C12H9ClN2O2. The summed E-state index contributed by atoms with van der Waals surface area (Å²) in [6.07, 6.45) is 0. The Bertz CT molecular complexity index is 567. The van der Waals surface area contributed by atoms with E-state index in [1.54, 1.807) is 30.3 Å². The quantitative estimate of drug-likeness (QED) is 0.855. The largest absolute Gasteiger partial charge is 0.505 e. The molecule has 1 aromatic heterocycles. The van der Waals surface area contributed by atoms with Crippen LogP contribution in [0.3, 0.4) is 0 Å². The molecule has 17 heavy (non-hydrogen) atoms. The van der Waals surface area contributed by atoms with E-state index in [1.165, 1.54) is 6.07 Å². The lowest BCUT2D eigenvalue weighted by atomic mass is 10.1. The van der Waals surface area contributed by atoms with Crippen molar-refractivity contribution in [2.75, 3.05) is 0 Å². The van der Waals surface area contributed by atoms with Gasteiger partial charge in [0.15, 0.2) is 5.69 Å². The van der Waals surface area contributed by atoms with Crippen LogP contribution in [0.25, 0.3) is 11.3 Å². The van der Waals surface area contributed by atoms with Gasteiger partial charge in [-0.15, -0.1) is 0 Å². The molecule has 0 fully saturated rings. The predicted octanol–water partition coefficient (Wildman–Crippen LogP) is 2.21. The molecule has 4 nitrogen and oxygen atoms in total. The number of halogens is 1. The molecule has 0 atom stereocenters. The molecule has 0 saturated heterocycles. The first-order valence-electron chi connectivity index (χ1n) is 4.83. The van der Waals surface area contributed by atoms with Gasteiger partial charge in [0.2, 0.25) is 0 Å². The zero-order valence-corrected chi connectivity index (χ0v) is 9.48. The van der Waals surface area contributed by atoms with Crippen molar-refractivity contribution in [3.63, 3.8) is 0 Å². The van der Waals surface area contributed by atoms with Crippen molar-refractivity contribution in [2.24, 2.45) is 5.73 Å². The van der Waals surface area contributed by atoms with Crippen molar-refractivity contribution in [2.45, 2.75) is 0 Å². The van der Waals surface area contributed by atoms with Gasteiger partial charge in [-0.3, -0.25) is 4.79 Å². The van der Waals surface area contributed by atoms with Gasteiger partial charge in [-0.1, -0.05) is 23.7 Å². The van der Waals surface area contributed by atoms with Crippen LogP contribution in [0.15, 0.2) is 36.4 Å². The number of hydrogen-bond acceptors (Lipinski definition) is 3. The van der Waals surface area contributed by atoms with E-state index in [0.29, 0.717) is 10.7 Å². The molecule has 0 bridgehead atoms. The average molecular weight is 249 g/mol. The molecule has 0 aliphatic heterocycles. The zero-order chi connectivity index (χ0) is 12.4. The fourth-order valence-corrected chi connectivity index (χ4v) is 1.54. The SMILES string of the molecule is NC(=O)c1nc(-c2ccc(Cl)cc2)ccc1O. The summed E-state index contributed by atoms with van der Waals surface area (Å²) in [5.74, 6) is -0.992. The van der Waals surface area contributed by atoms with Crippen molar-refractivity contribution in [3.05, 3.63) is 47.1 Å². The van der Waals surface area contributed by atoms with Gasteiger partial charge in [0.05, 0.1) is 5.69 Å². The highest BCUT2D eigenvalue weighted by molar-refractivity contribution is 6.30. The molecule has 0 aliphatic rings. The first-order chi connectivity index (χ1) is 8.08. The maximum Gasteiger partial charge on any atom is 0.271 e. The zero-order valence-electron chi connectivity index (χ0n) is 8.72. The molecule has 1 heterocycles. The minimum absolute atomic E-state index is 0.141. The van der Waals surface area contributed by atoms with Crippen LogP contribution >= 0.6 is 11.6 Å². The van der Waals surface area contributed by atoms with Crippen LogP contribution < -0.4 is 5.73 Å². The molecule has 0 aliphatic carbocycles. The summed E-state index contributed by atoms with van der Waals surface area (Å²) in [7, 11) is 0. The van der Waals surface area contributed by atoms with Gasteiger partial charge in [-0.05, 0) is 24.3 Å². The molecule has 0 radical (unpaired) electrons. The monoisotopic (exact) mass is 248 g/mol. The van der Waals surface area contributed by atoms with E-state index in [2.05, 4.69) is 4.98 Å². The summed E-state index contributed by atoms with van der Waals surface area (Å²) in [5, 5.41) is 10.0. The van der Waals surface area contributed by atoms with E-state index in [9.17, 15) is 9.90 Å². The summed E-state index contributed by atoms with van der Waals surface area (Å²) >= 11 is 5.77. The first kappa shape index (κ1) is 11.4. The molecule has 2 rings (SSSR count). The Kier molecular flexibility index (Phi) is 2.97. The topological polar surface area (TPSA) is 76.2 Å². The molecular weight excluding hydrogens is 240 g/mol. The lowest BCUT2D eigenvalue weighted by Gasteiger charge is -2.04. The lowest BCUT2D eigenvalue weighted by molar-refractivity contribution is 0.0993. The van der Waals surface area contributed by atoms with Gasteiger partial charge >= 0.3 is 0 Å². The van der Waals surface area contributed by atoms with Crippen LogP contribution in [0.1, 0.15) is 10.5 Å². The second-order valence-electron chi connectivity index (χ2n) is 3.44. The van der Waals surface area contributed by atoms with E-state index < -0.39 is 5.91 Å². The number of carbonyl (C=O) groups excluding carboxylic acids is 1. The van der Waals surface area contributed by atoms with Gasteiger partial charge in [-0.25, -0.2) is 4.98 Å². The number of carbonyl (C=O) groups is 1. The Morgan fingerprint density at radius 1 is 1.18 bits per heavy atom. The van der Waals surface area contributed by atoms with Crippen LogP contribution in [0, 0.1) is 0 Å². The van der Waals surface area contributed by atoms with Crippen molar-refractivity contribution in [1.82, 2.24) is 4.98 Å². The van der Waals surface area contributed by atoms with Crippen LogP contribution in [-0.2, 0) is 0 Å². The maximum atomic E-state index is 11.0. The van der Waals surface area contributed by atoms with Gasteiger partial charge in [0.1, 0.15) is 5.75 Å². The third-order valence-corrected chi connectivity index (χ3v) is 2.50. The molecule has 86 valence electrons. The Labute approximate surface area is 103 Å². The number of pyridine rings is 1. The highest BCUT2D eigenvalue weighted by Crippen LogP contribution is 2.23. The van der Waals surface area contributed by atoms with Crippen LogP contribution in [0.4, 0.5) is 0 Å². The van der Waals surface area contributed by atoms with E-state index in [0.717, 1.165) is 5.56 Å². The molecule has 0 spiro atoms. The fourth-order valence-electron chi connectivity index (χ4n) is 1.41. The van der Waals surface area contributed by atoms with Crippen LogP contribution in [-0.4, -0.2) is 16.0 Å². The average Bonchev–Trinajstić information content (AvgIpc) is 2.30. The summed E-state index contributed by atoms with van der Waals surface area (Å²) in [6, 6.07) is 9.96. The molecule has 0 saturated carbocycles. The number of aromatic hydroxyl groups is 1. The highest BCUT2D eigenvalue weighted by Gasteiger charge is 2.11. The van der Waals surface area contributed by atoms with Crippen molar-refractivity contribution < 1.29 is 9.90 Å². The number of primary amides is 1. The van der Waals surface area contributed by atoms with Gasteiger partial charge < -0.3 is 10.8 Å². The second-order valence-corrected chi connectivity index (χ2v) is 3.87. The summed E-state index contributed by atoms with van der Waals surface area (Å²) in [4.78, 5) is 15.0. The van der Waals surface area contributed by atoms with Crippen LogP contribution in [0.5, 0.6) is 5.75 Å². The Morgan fingerprint density at radius 2 is 1.82 bits per heavy atom. The number of hydrogen-bond donors (Lipinski definition) is 2. The number of nitrogens with zero attached hydrogens (tertiary/aromatic N) is 1. The van der Waals surface area contributed by atoms with E-state index in [-0.39, 0.29) is 11.4 Å². The molecule has 2 aromatic rings. The molecule has 5 heteroatoms. The Morgan fingerprint density at radius 3 is 2.41 bits per heavy atom. The van der Waals surface area contributed by atoms with Crippen molar-refractivity contribution >= 4 is 17.5 Å². The van der Waals surface area contributed by atoms with E-state index in [4.69, 9.17) is 17.3 Å². The highest BCUT2D eigenvalue weighted by atomic mass is 35.5. The molecule has 3 N–H and O–H groups in total. The summed E-state index contributed by atoms with van der Waals surface area (Å²) in [6.45, 7) is 0. The van der Waals surface area contributed by atoms with Crippen molar-refractivity contribution in [1.29, 1.82) is 0 Å². The number of aromatic nitrogens is 1. The first-order valence-corrected chi connectivity index (χ1v) is 5.21. The van der Waals surface area contributed by atoms with Gasteiger partial charge in [-0.2, -0.15) is 0 Å². The summed E-state index contributed by atoms with van der Waals surface area (Å²) in [5.41, 5.74) is 6.30. The number of benzene rings is 1. The normalized spacial score (nSPS) is 10.2. The third-order valence-electron chi connectivity index (χ3n) is 2.25. The van der Waals surface area contributed by atoms with Gasteiger partial charge in [0, 0.05) is 10.6 Å². The molecule has 1 amide bonds. The molecule has 1 aromatic carbocycles. The van der Waals surface area contributed by atoms with Crippen molar-refractivity contribution in [3.8, 4) is 17.0 Å². The smallest absolute Gasteiger partial charge is 0.271 e.